The molecule has 0 radical (unpaired) electrons. The molecule has 0 saturated carbocycles. The van der Waals surface area contributed by atoms with Gasteiger partial charge in [0.05, 0.1) is 23.6 Å². The van der Waals surface area contributed by atoms with Crippen LogP contribution in [0.15, 0.2) is 89.8 Å². The summed E-state index contributed by atoms with van der Waals surface area (Å²) in [4.78, 5) is 12.5. The molecule has 0 unspecified atom stereocenters. The highest BCUT2D eigenvalue weighted by Crippen LogP contribution is 2.33. The smallest absolute Gasteiger partial charge is 0.407 e. The van der Waals surface area contributed by atoms with Crippen molar-refractivity contribution >= 4 is 16.1 Å². The Bertz CT molecular complexity index is 1250. The Morgan fingerprint density at radius 1 is 1.03 bits per heavy atom. The van der Waals surface area contributed by atoms with Crippen molar-refractivity contribution in [3.63, 3.8) is 0 Å². The summed E-state index contributed by atoms with van der Waals surface area (Å²) in [5, 5.41) is 14.0. The molecular weight excluding hydrogens is 476 g/mol. The third kappa shape index (κ3) is 6.13. The molecule has 1 heterocycles. The maximum atomic E-state index is 13.7. The molecule has 3 atom stereocenters. The fourth-order valence-electron chi connectivity index (χ4n) is 4.67. The van der Waals surface area contributed by atoms with Crippen LogP contribution in [0, 0.1) is 0 Å². The zero-order valence-corrected chi connectivity index (χ0v) is 21.1. The number of nitrogens with one attached hydrogen (secondary N) is 1. The lowest BCUT2D eigenvalue weighted by molar-refractivity contribution is 0.0917. The van der Waals surface area contributed by atoms with Crippen LogP contribution in [0.2, 0.25) is 0 Å². The number of sulfonamides is 1. The average Bonchev–Trinajstić information content (AvgIpc) is 2.99. The summed E-state index contributed by atoms with van der Waals surface area (Å²) < 4.78 is 33.9. The Labute approximate surface area is 212 Å². The summed E-state index contributed by atoms with van der Waals surface area (Å²) in [5.41, 5.74) is 2.70. The molecule has 0 spiro atoms. The van der Waals surface area contributed by atoms with Gasteiger partial charge in [-0.15, -0.1) is 0 Å². The predicted molar refractivity (Wildman–Crippen MR) is 138 cm³/mol. The SMILES string of the molecule is CCOC(=O)N[C@@H](Cc1ccccc1)[C@H](O)CN1C[C@H](c2ccccc2)Cc2ccccc2S1(=O)=O. The molecule has 1 aliphatic heterocycles. The highest BCUT2D eigenvalue weighted by Gasteiger charge is 2.36. The number of hydrogen-bond acceptors (Lipinski definition) is 5. The number of amides is 1. The molecule has 0 aliphatic carbocycles. The molecule has 0 fully saturated rings. The second-order valence-corrected chi connectivity index (χ2v) is 10.9. The van der Waals surface area contributed by atoms with Gasteiger partial charge in [0, 0.05) is 19.0 Å². The zero-order chi connectivity index (χ0) is 25.5. The molecule has 1 aliphatic rings. The second kappa shape index (κ2) is 11.7. The molecule has 4 rings (SSSR count). The second-order valence-electron chi connectivity index (χ2n) is 8.97. The van der Waals surface area contributed by atoms with Gasteiger partial charge < -0.3 is 15.2 Å². The standard InChI is InChI=1S/C28H32N2O5S/c1-2-35-28(32)29-25(17-21-11-5-3-6-12-21)26(31)20-30-19-24(22-13-7-4-8-14-22)18-23-15-9-10-16-27(23)36(30,33)34/h3-16,24-26,31H,2,17-20H2,1H3,(H,29,32)/t24-,25+,26-/m1/s1. The van der Waals surface area contributed by atoms with Crippen LogP contribution in [-0.2, 0) is 27.6 Å². The summed E-state index contributed by atoms with van der Waals surface area (Å²) in [6, 6.07) is 25.6. The van der Waals surface area contributed by atoms with Crippen LogP contribution >= 0.6 is 0 Å². The molecule has 3 aromatic rings. The van der Waals surface area contributed by atoms with Crippen molar-refractivity contribution in [3.8, 4) is 0 Å². The first-order chi connectivity index (χ1) is 17.4. The molecule has 36 heavy (non-hydrogen) atoms. The molecule has 2 N–H and O–H groups in total. The Morgan fingerprint density at radius 3 is 2.36 bits per heavy atom. The lowest BCUT2D eigenvalue weighted by Crippen LogP contribution is -2.51. The fraction of sp³-hybridized carbons (Fsp3) is 0.321. The first kappa shape index (κ1) is 25.9. The van der Waals surface area contributed by atoms with E-state index in [0.717, 1.165) is 16.7 Å². The summed E-state index contributed by atoms with van der Waals surface area (Å²) >= 11 is 0. The van der Waals surface area contributed by atoms with Gasteiger partial charge in [0.1, 0.15) is 0 Å². The first-order valence-corrected chi connectivity index (χ1v) is 13.6. The minimum absolute atomic E-state index is 0.0811. The number of carbonyl (C=O) groups excluding carboxylic acids is 1. The van der Waals surface area contributed by atoms with Crippen molar-refractivity contribution in [2.45, 2.75) is 42.7 Å². The number of β-amino-alcohol motifs (C(OH)–C–C–N with tert-alkyl or cyclic N) is 1. The van der Waals surface area contributed by atoms with Gasteiger partial charge in [-0.2, -0.15) is 4.31 Å². The molecule has 190 valence electrons. The molecule has 0 saturated heterocycles. The number of ether oxygens (including phenoxy) is 1. The van der Waals surface area contributed by atoms with Gasteiger partial charge in [0.2, 0.25) is 10.0 Å². The molecular formula is C28H32N2O5S. The van der Waals surface area contributed by atoms with Crippen LogP contribution in [0.1, 0.15) is 29.5 Å². The van der Waals surface area contributed by atoms with E-state index in [0.29, 0.717) is 12.8 Å². The number of hydrogen-bond donors (Lipinski definition) is 2. The Morgan fingerprint density at radius 2 is 1.67 bits per heavy atom. The number of fused-ring (bicyclic) bond motifs is 1. The molecule has 8 heteroatoms. The van der Waals surface area contributed by atoms with Gasteiger partial charge in [0.15, 0.2) is 0 Å². The highest BCUT2D eigenvalue weighted by atomic mass is 32.2. The van der Waals surface area contributed by atoms with Gasteiger partial charge in [-0.25, -0.2) is 13.2 Å². The van der Waals surface area contributed by atoms with Crippen LogP contribution in [0.25, 0.3) is 0 Å². The Kier molecular flexibility index (Phi) is 8.40. The maximum absolute atomic E-state index is 13.7. The van der Waals surface area contributed by atoms with Crippen LogP contribution in [0.4, 0.5) is 4.79 Å². The highest BCUT2D eigenvalue weighted by molar-refractivity contribution is 7.89. The van der Waals surface area contributed by atoms with E-state index in [1.54, 1.807) is 19.1 Å². The van der Waals surface area contributed by atoms with E-state index in [4.69, 9.17) is 4.74 Å². The first-order valence-electron chi connectivity index (χ1n) is 12.2. The number of nitrogens with zero attached hydrogens (tertiary/aromatic N) is 1. The van der Waals surface area contributed by atoms with Crippen LogP contribution < -0.4 is 5.32 Å². The monoisotopic (exact) mass is 508 g/mol. The number of aliphatic hydroxyl groups is 1. The predicted octanol–water partition coefficient (Wildman–Crippen LogP) is 3.74. The number of rotatable bonds is 8. The summed E-state index contributed by atoms with van der Waals surface area (Å²) in [6.45, 7) is 1.95. The van der Waals surface area contributed by atoms with E-state index in [9.17, 15) is 18.3 Å². The molecule has 0 aromatic heterocycles. The topological polar surface area (TPSA) is 95.9 Å². The summed E-state index contributed by atoms with van der Waals surface area (Å²) in [6.07, 6.45) is -0.914. The van der Waals surface area contributed by atoms with Gasteiger partial charge in [-0.1, -0.05) is 78.9 Å². The van der Waals surface area contributed by atoms with E-state index in [1.165, 1.54) is 4.31 Å². The van der Waals surface area contributed by atoms with Crippen molar-refractivity contribution in [3.05, 3.63) is 102 Å². The quantitative estimate of drug-likeness (QED) is 0.483. The average molecular weight is 509 g/mol. The summed E-state index contributed by atoms with van der Waals surface area (Å²) in [5.74, 6) is -0.0811. The number of aliphatic hydroxyl groups excluding tert-OH is 1. The number of carbonyl (C=O) groups is 1. The van der Waals surface area contributed by atoms with Crippen molar-refractivity contribution in [1.29, 1.82) is 0 Å². The van der Waals surface area contributed by atoms with E-state index >= 15 is 0 Å². The maximum Gasteiger partial charge on any atom is 0.407 e. The van der Waals surface area contributed by atoms with E-state index in [1.807, 2.05) is 72.8 Å². The minimum atomic E-state index is -3.87. The van der Waals surface area contributed by atoms with Gasteiger partial charge in [-0.3, -0.25) is 0 Å². The molecule has 1 amide bonds. The molecule has 0 bridgehead atoms. The van der Waals surface area contributed by atoms with Crippen molar-refractivity contribution < 1.29 is 23.1 Å². The third-order valence-corrected chi connectivity index (χ3v) is 8.42. The van der Waals surface area contributed by atoms with E-state index in [2.05, 4.69) is 5.32 Å². The minimum Gasteiger partial charge on any atom is -0.450 e. The largest absolute Gasteiger partial charge is 0.450 e. The van der Waals surface area contributed by atoms with Crippen LogP contribution in [0.5, 0.6) is 0 Å². The number of benzene rings is 3. The van der Waals surface area contributed by atoms with Gasteiger partial charge >= 0.3 is 6.09 Å². The normalized spacial score (nSPS) is 18.9. The van der Waals surface area contributed by atoms with Gasteiger partial charge in [0.25, 0.3) is 0 Å². The van der Waals surface area contributed by atoms with Crippen molar-refractivity contribution in [2.75, 3.05) is 19.7 Å². The van der Waals surface area contributed by atoms with Gasteiger partial charge in [-0.05, 0) is 42.5 Å². The van der Waals surface area contributed by atoms with Crippen molar-refractivity contribution in [1.82, 2.24) is 9.62 Å². The van der Waals surface area contributed by atoms with Crippen LogP contribution in [-0.4, -0.2) is 55.8 Å². The third-order valence-electron chi connectivity index (χ3n) is 6.48. The fourth-order valence-corrected chi connectivity index (χ4v) is 6.41. The summed E-state index contributed by atoms with van der Waals surface area (Å²) in [7, 11) is -3.87. The zero-order valence-electron chi connectivity index (χ0n) is 20.3. The van der Waals surface area contributed by atoms with E-state index in [-0.39, 0.29) is 30.5 Å². The van der Waals surface area contributed by atoms with Crippen LogP contribution in [0.3, 0.4) is 0 Å². The molecule has 3 aromatic carbocycles. The Balaban J connectivity index is 1.64. The molecule has 7 nitrogen and oxygen atoms in total. The lowest BCUT2D eigenvalue weighted by Gasteiger charge is -2.30. The van der Waals surface area contributed by atoms with E-state index < -0.39 is 28.3 Å². The Hall–Kier alpha value is -3.20. The number of alkyl carbamates (subject to hydrolysis) is 1. The van der Waals surface area contributed by atoms with Crippen molar-refractivity contribution in [2.24, 2.45) is 0 Å². The lowest BCUT2D eigenvalue weighted by atomic mass is 9.91.